The van der Waals surface area contributed by atoms with Crippen LogP contribution >= 0.6 is 0 Å². The van der Waals surface area contributed by atoms with Gasteiger partial charge in [0.15, 0.2) is 11.5 Å². The SMILES string of the molecule is C=C.CC(C)=C/C=C/C(=O)Oc1ccc2c(c1O)[C@]13CC(=O)C[C@H](C1)C3[C@H](N(C)C)C2. The van der Waals surface area contributed by atoms with Crippen molar-refractivity contribution >= 4 is 11.8 Å². The van der Waals surface area contributed by atoms with Gasteiger partial charge in [-0.05, 0) is 64.3 Å². The summed E-state index contributed by atoms with van der Waals surface area (Å²) in [5.74, 6) is 0.691. The first kappa shape index (κ1) is 23.0. The standard InChI is InChI=1S/C24H29NO4.C2H4/c1-14(2)6-5-7-20(27)29-19-9-8-15-11-18(25(3)4)21-16-10-17(26)13-24(21,12-16)22(15)23(19)28;1-2/h5-9,16,18,21,28H,10-13H2,1-4H3;1-2H2/b7-5+;/t16-,18-,21?,24+;/m1./s1. The number of benzene rings is 1. The quantitative estimate of drug-likeness (QED) is 0.256. The Hall–Kier alpha value is -2.66. The number of fused-ring (bicyclic) bond motifs is 3. The number of ether oxygens (including phenoxy) is 1. The molecule has 166 valence electrons. The fourth-order valence-electron chi connectivity index (χ4n) is 5.91. The lowest BCUT2D eigenvalue weighted by atomic mass is 9.40. The van der Waals surface area contributed by atoms with E-state index in [0.717, 1.165) is 29.5 Å². The molecular weight excluding hydrogens is 390 g/mol. The van der Waals surface area contributed by atoms with Crippen LogP contribution in [0.3, 0.4) is 0 Å². The van der Waals surface area contributed by atoms with Crippen LogP contribution in [0.15, 0.2) is 49.1 Å². The minimum absolute atomic E-state index is 0.0295. The first-order valence-corrected chi connectivity index (χ1v) is 10.8. The minimum Gasteiger partial charge on any atom is -0.504 e. The number of phenolic OH excluding ortho intramolecular Hbond substituents is 1. The van der Waals surface area contributed by atoms with Crippen molar-refractivity contribution in [2.45, 2.75) is 51.0 Å². The molecule has 0 amide bonds. The van der Waals surface area contributed by atoms with Crippen molar-refractivity contribution in [2.75, 3.05) is 14.1 Å². The highest BCUT2D eigenvalue weighted by atomic mass is 16.5. The second kappa shape index (κ2) is 8.83. The van der Waals surface area contributed by atoms with Gasteiger partial charge >= 0.3 is 5.97 Å². The molecule has 2 fully saturated rings. The highest BCUT2D eigenvalue weighted by Crippen LogP contribution is 2.66. The van der Waals surface area contributed by atoms with Crippen molar-refractivity contribution in [2.24, 2.45) is 11.8 Å². The van der Waals surface area contributed by atoms with Gasteiger partial charge in [0.2, 0.25) is 0 Å². The van der Waals surface area contributed by atoms with E-state index in [1.807, 2.05) is 26.0 Å². The summed E-state index contributed by atoms with van der Waals surface area (Å²) in [6, 6.07) is 3.98. The number of likely N-dealkylation sites (N-methyl/N-ethyl adjacent to an activating group) is 1. The molecule has 4 atom stereocenters. The predicted octanol–water partition coefficient (Wildman–Crippen LogP) is 4.35. The molecule has 0 radical (unpaired) electrons. The second-order valence-electron chi connectivity index (χ2n) is 9.27. The first-order valence-electron chi connectivity index (χ1n) is 10.8. The van der Waals surface area contributed by atoms with E-state index < -0.39 is 5.97 Å². The number of carbonyl (C=O) groups is 2. The minimum atomic E-state index is -0.528. The van der Waals surface area contributed by atoms with Crippen molar-refractivity contribution in [1.82, 2.24) is 4.90 Å². The number of Topliss-reactive ketones (excluding diaryl/α,β-unsaturated/α-hetero) is 1. The van der Waals surface area contributed by atoms with Gasteiger partial charge in [-0.2, -0.15) is 0 Å². The molecule has 4 rings (SSSR count). The normalized spacial score (nSPS) is 28.0. The van der Waals surface area contributed by atoms with Gasteiger partial charge in [0, 0.05) is 35.9 Å². The van der Waals surface area contributed by atoms with E-state index in [4.69, 9.17) is 4.74 Å². The maximum Gasteiger partial charge on any atom is 0.336 e. The van der Waals surface area contributed by atoms with Crippen LogP contribution in [0.25, 0.3) is 0 Å². The molecule has 0 saturated heterocycles. The summed E-state index contributed by atoms with van der Waals surface area (Å²) >= 11 is 0. The van der Waals surface area contributed by atoms with E-state index in [1.165, 1.54) is 6.08 Å². The molecule has 1 unspecified atom stereocenters. The molecule has 3 aliphatic carbocycles. The number of phenols is 1. The number of esters is 1. The van der Waals surface area contributed by atoms with E-state index in [-0.39, 0.29) is 22.7 Å². The molecule has 3 aliphatic rings. The summed E-state index contributed by atoms with van der Waals surface area (Å²) in [5, 5.41) is 11.1. The van der Waals surface area contributed by atoms with E-state index in [2.05, 4.69) is 32.2 Å². The Morgan fingerprint density at radius 2 is 1.97 bits per heavy atom. The summed E-state index contributed by atoms with van der Waals surface area (Å²) in [5.41, 5.74) is 2.65. The molecule has 2 bridgehead atoms. The van der Waals surface area contributed by atoms with Crippen LogP contribution in [0.4, 0.5) is 0 Å². The van der Waals surface area contributed by atoms with Gasteiger partial charge in [-0.15, -0.1) is 13.2 Å². The lowest BCUT2D eigenvalue weighted by Crippen LogP contribution is -2.66. The number of carbonyl (C=O) groups excluding carboxylic acids is 2. The Labute approximate surface area is 185 Å². The number of aromatic hydroxyl groups is 1. The van der Waals surface area contributed by atoms with Gasteiger partial charge in [0.05, 0.1) is 0 Å². The molecule has 1 N–H and O–H groups in total. The maximum atomic E-state index is 12.4. The maximum absolute atomic E-state index is 12.4. The molecule has 1 aromatic carbocycles. The summed E-state index contributed by atoms with van der Waals surface area (Å²) in [6.45, 7) is 9.89. The van der Waals surface area contributed by atoms with Crippen LogP contribution in [0.1, 0.15) is 44.2 Å². The molecule has 5 heteroatoms. The highest BCUT2D eigenvalue weighted by Gasteiger charge is 2.65. The Morgan fingerprint density at radius 1 is 1.26 bits per heavy atom. The van der Waals surface area contributed by atoms with Crippen molar-refractivity contribution in [3.8, 4) is 11.5 Å². The molecule has 1 spiro atoms. The van der Waals surface area contributed by atoms with Crippen molar-refractivity contribution in [3.05, 3.63) is 60.2 Å². The van der Waals surface area contributed by atoms with Gasteiger partial charge in [0.1, 0.15) is 5.78 Å². The predicted molar refractivity (Wildman–Crippen MR) is 122 cm³/mol. The van der Waals surface area contributed by atoms with Crippen molar-refractivity contribution in [1.29, 1.82) is 0 Å². The largest absolute Gasteiger partial charge is 0.504 e. The Kier molecular flexibility index (Phi) is 6.56. The lowest BCUT2D eigenvalue weighted by molar-refractivity contribution is -0.142. The monoisotopic (exact) mass is 423 g/mol. The zero-order chi connectivity index (χ0) is 22.9. The zero-order valence-electron chi connectivity index (χ0n) is 19.0. The lowest BCUT2D eigenvalue weighted by Gasteiger charge is -2.65. The third kappa shape index (κ3) is 3.99. The third-order valence-electron chi connectivity index (χ3n) is 6.88. The van der Waals surface area contributed by atoms with Crippen LogP contribution in [0.5, 0.6) is 11.5 Å². The number of hydrogen-bond donors (Lipinski definition) is 1. The van der Waals surface area contributed by atoms with Gasteiger partial charge < -0.3 is 14.7 Å². The summed E-state index contributed by atoms with van der Waals surface area (Å²) < 4.78 is 5.44. The van der Waals surface area contributed by atoms with Crippen molar-refractivity contribution in [3.63, 3.8) is 0 Å². The highest BCUT2D eigenvalue weighted by molar-refractivity contribution is 5.86. The number of allylic oxidation sites excluding steroid dienone is 3. The summed E-state index contributed by atoms with van der Waals surface area (Å²) in [7, 11) is 4.18. The Morgan fingerprint density at radius 3 is 2.61 bits per heavy atom. The van der Waals surface area contributed by atoms with Gasteiger partial charge in [0.25, 0.3) is 0 Å². The molecule has 5 nitrogen and oxygen atoms in total. The Balaban J connectivity index is 0.00000132. The van der Waals surface area contributed by atoms with Gasteiger partial charge in [-0.25, -0.2) is 4.79 Å². The molecule has 0 aromatic heterocycles. The van der Waals surface area contributed by atoms with Gasteiger partial charge in [-0.3, -0.25) is 4.79 Å². The van der Waals surface area contributed by atoms with Crippen LogP contribution in [-0.4, -0.2) is 41.9 Å². The van der Waals surface area contributed by atoms with Crippen LogP contribution < -0.4 is 4.74 Å². The van der Waals surface area contributed by atoms with E-state index in [9.17, 15) is 14.7 Å². The topological polar surface area (TPSA) is 66.8 Å². The van der Waals surface area contributed by atoms with Crippen LogP contribution in [0, 0.1) is 11.8 Å². The van der Waals surface area contributed by atoms with E-state index >= 15 is 0 Å². The number of nitrogens with zero attached hydrogens (tertiary/aromatic N) is 1. The second-order valence-corrected chi connectivity index (χ2v) is 9.27. The van der Waals surface area contributed by atoms with Gasteiger partial charge in [-0.1, -0.05) is 23.8 Å². The number of rotatable bonds is 4. The Bertz CT molecular complexity index is 941. The first-order chi connectivity index (χ1) is 14.7. The van der Waals surface area contributed by atoms with Crippen LogP contribution in [0.2, 0.25) is 0 Å². The molecule has 1 aromatic rings. The average molecular weight is 424 g/mol. The van der Waals surface area contributed by atoms with Crippen LogP contribution in [-0.2, 0) is 21.4 Å². The number of ketones is 1. The summed E-state index contributed by atoms with van der Waals surface area (Å²) in [4.78, 5) is 26.8. The van der Waals surface area contributed by atoms with Crippen molar-refractivity contribution < 1.29 is 19.4 Å². The number of hydrogen-bond acceptors (Lipinski definition) is 5. The van der Waals surface area contributed by atoms with E-state index in [0.29, 0.717) is 30.7 Å². The molecule has 0 aliphatic heterocycles. The molecular formula is C26H33NO4. The zero-order valence-corrected chi connectivity index (χ0v) is 19.0. The molecule has 31 heavy (non-hydrogen) atoms. The average Bonchev–Trinajstić information content (AvgIpc) is 2.69. The smallest absolute Gasteiger partial charge is 0.336 e. The molecule has 2 saturated carbocycles. The summed E-state index contributed by atoms with van der Waals surface area (Å²) in [6.07, 6.45) is 7.68. The molecule has 0 heterocycles. The van der Waals surface area contributed by atoms with E-state index in [1.54, 1.807) is 12.1 Å². The third-order valence-corrected chi connectivity index (χ3v) is 6.88. The fourth-order valence-corrected chi connectivity index (χ4v) is 5.91. The fraction of sp³-hybridized carbons (Fsp3) is 0.462.